The molecule has 0 unspecified atom stereocenters. The van der Waals surface area contributed by atoms with E-state index in [-0.39, 0.29) is 0 Å². The number of carbonyl (C=O) groups is 1. The maximum atomic E-state index is 11.5. The summed E-state index contributed by atoms with van der Waals surface area (Å²) in [6, 6.07) is 0.582. The number of carboxylic acid groups (broad SMARTS) is 1. The Morgan fingerprint density at radius 2 is 1.72 bits per heavy atom. The van der Waals surface area contributed by atoms with Crippen LogP contribution in [0.15, 0.2) is 0 Å². The summed E-state index contributed by atoms with van der Waals surface area (Å²) in [6.07, 6.45) is 6.45. The molecule has 0 aromatic carbocycles. The molecule has 3 nitrogen and oxygen atoms in total. The normalized spacial score (nSPS) is 25.4. The van der Waals surface area contributed by atoms with Gasteiger partial charge in [0.1, 0.15) is 0 Å². The van der Waals surface area contributed by atoms with Crippen molar-refractivity contribution < 1.29 is 9.90 Å². The molecule has 0 heterocycles. The van der Waals surface area contributed by atoms with Crippen molar-refractivity contribution in [1.29, 1.82) is 0 Å². The molecule has 106 valence electrons. The first-order valence-electron chi connectivity index (χ1n) is 7.38. The third-order valence-electron chi connectivity index (χ3n) is 4.97. The van der Waals surface area contributed by atoms with Crippen LogP contribution in [0.5, 0.6) is 0 Å². The van der Waals surface area contributed by atoms with Crippen molar-refractivity contribution in [2.75, 3.05) is 13.6 Å². The minimum Gasteiger partial charge on any atom is -0.481 e. The summed E-state index contributed by atoms with van der Waals surface area (Å²) in [4.78, 5) is 13.8. The first-order valence-corrected chi connectivity index (χ1v) is 7.38. The topological polar surface area (TPSA) is 40.5 Å². The lowest BCUT2D eigenvalue weighted by Crippen LogP contribution is -2.45. The highest BCUT2D eigenvalue weighted by Crippen LogP contribution is 2.32. The predicted molar refractivity (Wildman–Crippen MR) is 74.7 cm³/mol. The summed E-state index contributed by atoms with van der Waals surface area (Å²) in [5.41, 5.74) is -0.558. The predicted octanol–water partition coefficient (Wildman–Crippen LogP) is 3.39. The van der Waals surface area contributed by atoms with E-state index in [1.54, 1.807) is 0 Å². The van der Waals surface area contributed by atoms with Crippen LogP contribution in [0.1, 0.15) is 59.3 Å². The van der Waals surface area contributed by atoms with Crippen molar-refractivity contribution >= 4 is 5.97 Å². The van der Waals surface area contributed by atoms with Crippen molar-refractivity contribution in [3.8, 4) is 0 Å². The fourth-order valence-electron chi connectivity index (χ4n) is 3.13. The molecule has 0 aliphatic heterocycles. The van der Waals surface area contributed by atoms with Gasteiger partial charge in [0.2, 0.25) is 0 Å². The quantitative estimate of drug-likeness (QED) is 0.791. The molecule has 3 heteroatoms. The van der Waals surface area contributed by atoms with Gasteiger partial charge in [0.15, 0.2) is 0 Å². The van der Waals surface area contributed by atoms with Gasteiger partial charge >= 0.3 is 5.97 Å². The molecule has 1 rings (SSSR count). The van der Waals surface area contributed by atoms with Crippen molar-refractivity contribution in [3.63, 3.8) is 0 Å². The lowest BCUT2D eigenvalue weighted by Gasteiger charge is -2.38. The molecular formula is C15H29NO2. The maximum Gasteiger partial charge on any atom is 0.310 e. The van der Waals surface area contributed by atoms with Crippen LogP contribution in [0.4, 0.5) is 0 Å². The van der Waals surface area contributed by atoms with E-state index in [9.17, 15) is 9.90 Å². The first-order chi connectivity index (χ1) is 8.45. The Balaban J connectivity index is 2.61. The van der Waals surface area contributed by atoms with Gasteiger partial charge in [0.05, 0.1) is 5.41 Å². The lowest BCUT2D eigenvalue weighted by molar-refractivity contribution is -0.151. The van der Waals surface area contributed by atoms with Gasteiger partial charge in [-0.2, -0.15) is 0 Å². The summed E-state index contributed by atoms with van der Waals surface area (Å²) < 4.78 is 0. The molecule has 0 atom stereocenters. The van der Waals surface area contributed by atoms with Gasteiger partial charge in [-0.05, 0) is 51.5 Å². The van der Waals surface area contributed by atoms with Crippen LogP contribution >= 0.6 is 0 Å². The summed E-state index contributed by atoms with van der Waals surface area (Å²) in [5.74, 6) is 0.208. The van der Waals surface area contributed by atoms with E-state index in [1.807, 2.05) is 13.8 Å². The van der Waals surface area contributed by atoms with Gasteiger partial charge in [0, 0.05) is 12.6 Å². The van der Waals surface area contributed by atoms with Crippen LogP contribution in [-0.2, 0) is 4.79 Å². The van der Waals surface area contributed by atoms with E-state index in [0.717, 1.165) is 5.92 Å². The van der Waals surface area contributed by atoms with E-state index in [0.29, 0.717) is 25.4 Å². The highest BCUT2D eigenvalue weighted by molar-refractivity contribution is 5.74. The molecule has 0 radical (unpaired) electrons. The number of rotatable bonds is 6. The number of nitrogens with zero attached hydrogens (tertiary/aromatic N) is 1. The van der Waals surface area contributed by atoms with Crippen LogP contribution in [0.25, 0.3) is 0 Å². The average molecular weight is 255 g/mol. The van der Waals surface area contributed by atoms with Gasteiger partial charge in [-0.25, -0.2) is 0 Å². The highest BCUT2D eigenvalue weighted by Gasteiger charge is 2.37. The second-order valence-corrected chi connectivity index (χ2v) is 6.12. The van der Waals surface area contributed by atoms with Crippen LogP contribution in [0, 0.1) is 11.3 Å². The molecule has 0 aromatic heterocycles. The fourth-order valence-corrected chi connectivity index (χ4v) is 3.13. The number of hydrogen-bond donors (Lipinski definition) is 1. The largest absolute Gasteiger partial charge is 0.481 e. The molecule has 1 fully saturated rings. The zero-order valence-corrected chi connectivity index (χ0v) is 12.4. The molecule has 1 N–H and O–H groups in total. The molecule has 1 aliphatic rings. The maximum absolute atomic E-state index is 11.5. The smallest absolute Gasteiger partial charge is 0.310 e. The van der Waals surface area contributed by atoms with E-state index in [4.69, 9.17) is 0 Å². The summed E-state index contributed by atoms with van der Waals surface area (Å²) in [6.45, 7) is 6.99. The molecule has 0 spiro atoms. The summed E-state index contributed by atoms with van der Waals surface area (Å²) in [7, 11) is 2.10. The zero-order valence-electron chi connectivity index (χ0n) is 12.4. The molecule has 1 aliphatic carbocycles. The average Bonchev–Trinajstić information content (AvgIpc) is 2.36. The number of carboxylic acids is 1. The third kappa shape index (κ3) is 3.47. The van der Waals surface area contributed by atoms with Crippen LogP contribution < -0.4 is 0 Å². The van der Waals surface area contributed by atoms with Gasteiger partial charge in [-0.15, -0.1) is 0 Å². The van der Waals surface area contributed by atoms with Crippen molar-refractivity contribution in [3.05, 3.63) is 0 Å². The second kappa shape index (κ2) is 6.55. The molecule has 0 amide bonds. The van der Waals surface area contributed by atoms with Gasteiger partial charge in [-0.1, -0.05) is 20.8 Å². The van der Waals surface area contributed by atoms with Crippen molar-refractivity contribution in [2.45, 2.75) is 65.3 Å². The zero-order chi connectivity index (χ0) is 13.8. The Hall–Kier alpha value is -0.570. The molecule has 0 bridgehead atoms. The molecule has 18 heavy (non-hydrogen) atoms. The van der Waals surface area contributed by atoms with Crippen molar-refractivity contribution in [1.82, 2.24) is 4.90 Å². The van der Waals surface area contributed by atoms with E-state index in [2.05, 4.69) is 18.9 Å². The lowest BCUT2D eigenvalue weighted by atomic mass is 9.80. The van der Waals surface area contributed by atoms with Crippen LogP contribution in [0.3, 0.4) is 0 Å². The monoisotopic (exact) mass is 255 g/mol. The molecular weight excluding hydrogens is 226 g/mol. The van der Waals surface area contributed by atoms with E-state index < -0.39 is 11.4 Å². The summed E-state index contributed by atoms with van der Waals surface area (Å²) >= 11 is 0. The number of hydrogen-bond acceptors (Lipinski definition) is 2. The molecule has 1 saturated carbocycles. The SMILES string of the molecule is CCC(CC)(CN(C)C1CCC(C)CC1)C(=O)O. The Bertz CT molecular complexity index is 266. The standard InChI is InChI=1S/C15H29NO2/c1-5-15(6-2,14(17)18)11-16(4)13-9-7-12(3)8-10-13/h12-13H,5-11H2,1-4H3,(H,17,18). The van der Waals surface area contributed by atoms with E-state index >= 15 is 0 Å². The molecule has 0 saturated heterocycles. The number of aliphatic carboxylic acids is 1. The second-order valence-electron chi connectivity index (χ2n) is 6.12. The first kappa shape index (κ1) is 15.5. The van der Waals surface area contributed by atoms with Gasteiger partial charge < -0.3 is 10.0 Å². The minimum atomic E-state index is -0.636. The Morgan fingerprint density at radius 1 is 1.22 bits per heavy atom. The fraction of sp³-hybridized carbons (Fsp3) is 0.933. The van der Waals surface area contributed by atoms with Crippen molar-refractivity contribution in [2.24, 2.45) is 11.3 Å². The van der Waals surface area contributed by atoms with Crippen LogP contribution in [0.2, 0.25) is 0 Å². The third-order valence-corrected chi connectivity index (χ3v) is 4.97. The summed E-state index contributed by atoms with van der Waals surface area (Å²) in [5, 5.41) is 9.49. The van der Waals surface area contributed by atoms with Crippen LogP contribution in [-0.4, -0.2) is 35.6 Å². The van der Waals surface area contributed by atoms with Gasteiger partial charge in [-0.3, -0.25) is 4.79 Å². The molecule has 0 aromatic rings. The van der Waals surface area contributed by atoms with Gasteiger partial charge in [0.25, 0.3) is 0 Å². The minimum absolute atomic E-state index is 0.558. The Kier molecular flexibility index (Phi) is 5.64. The Morgan fingerprint density at radius 3 is 2.11 bits per heavy atom. The van der Waals surface area contributed by atoms with E-state index in [1.165, 1.54) is 25.7 Å². The Labute approximate surface area is 112 Å². The highest BCUT2D eigenvalue weighted by atomic mass is 16.4.